The minimum Gasteiger partial charge on any atom is -0.462 e. The molecule has 3 rings (SSSR count). The molecule has 0 saturated carbocycles. The van der Waals surface area contributed by atoms with E-state index in [4.69, 9.17) is 14.2 Å². The standard InChI is InChI=1S/C31H53N3O9/c1-19-12-20(14-27(2,3)32(19)38)42-25(36)23(26(37)43-22-17-30(8,9)34(40)31(10,11)18-22)13-24(35)41-21-15-28(4,5)33(39)29(6,7)16-21/h20-23,38-40H,1,12-18H2,2-11H3. The van der Waals surface area contributed by atoms with Gasteiger partial charge in [-0.25, -0.2) is 0 Å². The molecule has 0 amide bonds. The first-order chi connectivity index (χ1) is 19.4. The van der Waals surface area contributed by atoms with Crippen molar-refractivity contribution in [2.75, 3.05) is 0 Å². The number of nitrogens with zero attached hydrogens (tertiary/aromatic N) is 3. The first kappa shape index (κ1) is 35.2. The fraction of sp³-hybridized carbons (Fsp3) is 0.839. The molecular weight excluding hydrogens is 558 g/mol. The van der Waals surface area contributed by atoms with E-state index in [1.807, 2.05) is 55.4 Å². The number of hydrogen-bond donors (Lipinski definition) is 3. The third kappa shape index (κ3) is 7.89. The van der Waals surface area contributed by atoms with Crippen LogP contribution < -0.4 is 0 Å². The summed E-state index contributed by atoms with van der Waals surface area (Å²) >= 11 is 0. The van der Waals surface area contributed by atoms with E-state index in [1.165, 1.54) is 10.1 Å². The summed E-state index contributed by atoms with van der Waals surface area (Å²) in [5.74, 6) is -4.13. The van der Waals surface area contributed by atoms with Crippen LogP contribution in [-0.2, 0) is 28.6 Å². The van der Waals surface area contributed by atoms with Gasteiger partial charge in [0, 0.05) is 66.4 Å². The molecule has 3 heterocycles. The highest BCUT2D eigenvalue weighted by Gasteiger charge is 2.49. The molecule has 3 aliphatic heterocycles. The quantitative estimate of drug-likeness (QED) is 0.210. The highest BCUT2D eigenvalue weighted by atomic mass is 16.6. The molecule has 0 spiro atoms. The van der Waals surface area contributed by atoms with Gasteiger partial charge >= 0.3 is 17.9 Å². The smallest absolute Gasteiger partial charge is 0.321 e. The molecule has 0 aromatic heterocycles. The summed E-state index contributed by atoms with van der Waals surface area (Å²) in [4.78, 5) is 40.4. The Morgan fingerprint density at radius 1 is 0.674 bits per heavy atom. The molecule has 3 fully saturated rings. The Bertz CT molecular complexity index is 1060. The lowest BCUT2D eigenvalue weighted by Crippen LogP contribution is -2.61. The predicted octanol–water partition coefficient (Wildman–Crippen LogP) is 4.59. The van der Waals surface area contributed by atoms with Gasteiger partial charge < -0.3 is 24.6 Å². The second kappa shape index (κ2) is 11.9. The second-order valence-corrected chi connectivity index (χ2v) is 15.8. The third-order valence-corrected chi connectivity index (χ3v) is 9.07. The number of rotatable bonds is 7. The fourth-order valence-electron chi connectivity index (χ4n) is 7.26. The molecule has 3 saturated heterocycles. The van der Waals surface area contributed by atoms with Crippen molar-refractivity contribution >= 4 is 17.9 Å². The number of esters is 3. The zero-order chi connectivity index (χ0) is 32.9. The fourth-order valence-corrected chi connectivity index (χ4v) is 7.26. The summed E-state index contributed by atoms with van der Waals surface area (Å²) in [6, 6.07) is 0. The average Bonchev–Trinajstić information content (AvgIpc) is 2.81. The van der Waals surface area contributed by atoms with Crippen LogP contribution in [0.5, 0.6) is 0 Å². The minimum atomic E-state index is -1.58. The molecule has 246 valence electrons. The van der Waals surface area contributed by atoms with Crippen molar-refractivity contribution in [3.05, 3.63) is 12.3 Å². The molecule has 0 aliphatic carbocycles. The van der Waals surface area contributed by atoms with Crippen molar-refractivity contribution in [2.45, 2.75) is 160 Å². The average molecular weight is 612 g/mol. The number of hydroxylamine groups is 6. The van der Waals surface area contributed by atoms with Crippen molar-refractivity contribution in [3.63, 3.8) is 0 Å². The molecule has 2 atom stereocenters. The van der Waals surface area contributed by atoms with Gasteiger partial charge in [0.25, 0.3) is 0 Å². The van der Waals surface area contributed by atoms with E-state index in [0.717, 1.165) is 5.06 Å². The molecule has 3 aliphatic rings. The first-order valence-corrected chi connectivity index (χ1v) is 15.1. The van der Waals surface area contributed by atoms with Crippen molar-refractivity contribution in [1.82, 2.24) is 15.2 Å². The zero-order valence-electron chi connectivity index (χ0n) is 27.6. The van der Waals surface area contributed by atoms with E-state index in [1.54, 1.807) is 13.8 Å². The highest BCUT2D eigenvalue weighted by Crippen LogP contribution is 2.40. The molecule has 12 heteroatoms. The number of carbonyl (C=O) groups is 3. The lowest BCUT2D eigenvalue weighted by Gasteiger charge is -2.51. The number of ether oxygens (including phenoxy) is 3. The van der Waals surface area contributed by atoms with E-state index in [0.29, 0.717) is 31.4 Å². The lowest BCUT2D eigenvalue weighted by molar-refractivity contribution is -0.260. The molecule has 0 aromatic carbocycles. The predicted molar refractivity (Wildman–Crippen MR) is 156 cm³/mol. The maximum absolute atomic E-state index is 13.6. The lowest BCUT2D eigenvalue weighted by atomic mass is 9.80. The molecular formula is C31H53N3O9. The van der Waals surface area contributed by atoms with E-state index >= 15 is 0 Å². The van der Waals surface area contributed by atoms with Crippen LogP contribution in [0.3, 0.4) is 0 Å². The Hall–Kier alpha value is -2.25. The Kier molecular flexibility index (Phi) is 9.77. The molecule has 43 heavy (non-hydrogen) atoms. The van der Waals surface area contributed by atoms with E-state index in [2.05, 4.69) is 6.58 Å². The summed E-state index contributed by atoms with van der Waals surface area (Å²) in [6.45, 7) is 22.1. The van der Waals surface area contributed by atoms with E-state index in [-0.39, 0.29) is 12.8 Å². The molecule has 0 radical (unpaired) electrons. The summed E-state index contributed by atoms with van der Waals surface area (Å²) < 4.78 is 17.4. The van der Waals surface area contributed by atoms with Gasteiger partial charge in [0.05, 0.1) is 12.0 Å². The Balaban J connectivity index is 1.79. The number of piperidine rings is 3. The van der Waals surface area contributed by atoms with Crippen LogP contribution in [0.25, 0.3) is 0 Å². The minimum absolute atomic E-state index is 0.166. The monoisotopic (exact) mass is 611 g/mol. The van der Waals surface area contributed by atoms with Gasteiger partial charge in [-0.05, 0) is 69.2 Å². The van der Waals surface area contributed by atoms with Gasteiger partial charge in [0.15, 0.2) is 5.92 Å². The summed E-state index contributed by atoms with van der Waals surface area (Å²) in [7, 11) is 0. The van der Waals surface area contributed by atoms with Gasteiger partial charge in [0.2, 0.25) is 0 Å². The maximum Gasteiger partial charge on any atom is 0.321 e. The molecule has 2 unspecified atom stereocenters. The van der Waals surface area contributed by atoms with Crippen molar-refractivity contribution in [1.29, 1.82) is 0 Å². The Labute approximate surface area is 255 Å². The molecule has 12 nitrogen and oxygen atoms in total. The summed E-state index contributed by atoms with van der Waals surface area (Å²) in [5, 5.41) is 35.2. The van der Waals surface area contributed by atoms with Gasteiger partial charge in [-0.15, -0.1) is 0 Å². The number of hydrogen-bond acceptors (Lipinski definition) is 12. The van der Waals surface area contributed by atoms with Gasteiger partial charge in [0.1, 0.15) is 18.3 Å². The van der Waals surface area contributed by atoms with Crippen LogP contribution in [0.2, 0.25) is 0 Å². The van der Waals surface area contributed by atoms with Crippen molar-refractivity contribution < 1.29 is 44.2 Å². The normalized spacial score (nSPS) is 28.2. The van der Waals surface area contributed by atoms with Crippen molar-refractivity contribution in [3.8, 4) is 0 Å². The first-order valence-electron chi connectivity index (χ1n) is 15.1. The van der Waals surface area contributed by atoms with Gasteiger partial charge in [-0.1, -0.05) is 6.58 Å². The zero-order valence-corrected chi connectivity index (χ0v) is 27.6. The third-order valence-electron chi connectivity index (χ3n) is 9.07. The van der Waals surface area contributed by atoms with Crippen LogP contribution in [0.1, 0.15) is 114 Å². The van der Waals surface area contributed by atoms with Crippen LogP contribution in [0.15, 0.2) is 12.3 Å². The molecule has 3 N–H and O–H groups in total. The van der Waals surface area contributed by atoms with Crippen molar-refractivity contribution in [2.24, 2.45) is 5.92 Å². The SMILES string of the molecule is C=C1CC(OC(=O)C(CC(=O)OC2CC(C)(C)N(O)C(C)(C)C2)C(=O)OC2CC(C)(C)N(O)C(C)(C)C2)CC(C)(C)N1O. The van der Waals surface area contributed by atoms with Gasteiger partial charge in [-0.2, -0.15) is 10.1 Å². The molecule has 0 bridgehead atoms. The Morgan fingerprint density at radius 3 is 1.42 bits per heavy atom. The van der Waals surface area contributed by atoms with E-state index < -0.39 is 76.3 Å². The van der Waals surface area contributed by atoms with Crippen LogP contribution in [0, 0.1) is 5.92 Å². The van der Waals surface area contributed by atoms with Crippen LogP contribution >= 0.6 is 0 Å². The van der Waals surface area contributed by atoms with E-state index in [9.17, 15) is 30.0 Å². The second-order valence-electron chi connectivity index (χ2n) is 15.8. The van der Waals surface area contributed by atoms with Crippen LogP contribution in [0.4, 0.5) is 0 Å². The maximum atomic E-state index is 13.6. The highest BCUT2D eigenvalue weighted by molar-refractivity contribution is 5.98. The summed E-state index contributed by atoms with van der Waals surface area (Å²) in [6.07, 6.45) is -0.599. The number of carbonyl (C=O) groups excluding carboxylic acids is 3. The molecule has 0 aromatic rings. The summed E-state index contributed by atoms with van der Waals surface area (Å²) in [5.41, 5.74) is -3.12. The largest absolute Gasteiger partial charge is 0.462 e. The topological polar surface area (TPSA) is 149 Å². The van der Waals surface area contributed by atoms with Gasteiger partial charge in [-0.3, -0.25) is 24.7 Å². The Morgan fingerprint density at radius 2 is 1.02 bits per heavy atom. The van der Waals surface area contributed by atoms with Crippen LogP contribution in [-0.4, -0.2) is 94.7 Å².